The van der Waals surface area contributed by atoms with E-state index in [0.717, 1.165) is 12.7 Å². The van der Waals surface area contributed by atoms with E-state index in [1.54, 1.807) is 6.08 Å². The van der Waals surface area contributed by atoms with Crippen LogP contribution in [0.1, 0.15) is 12.8 Å². The monoisotopic (exact) mass is 158 g/mol. The highest BCUT2D eigenvalue weighted by Gasteiger charge is 2.16. The largest absolute Gasteiger partial charge is 0.515 e. The zero-order valence-electron chi connectivity index (χ0n) is 5.30. The van der Waals surface area contributed by atoms with Crippen molar-refractivity contribution in [1.82, 2.24) is 0 Å². The lowest BCUT2D eigenvalue weighted by Crippen LogP contribution is -1.92. The summed E-state index contributed by atoms with van der Waals surface area (Å²) in [7, 11) is 0. The summed E-state index contributed by atoms with van der Waals surface area (Å²) in [6.07, 6.45) is 4.18. The number of carbonyl (C=O) groups is 1. The van der Waals surface area contributed by atoms with Gasteiger partial charge in [-0.05, 0) is 30.0 Å². The third-order valence-corrected chi connectivity index (χ3v) is 1.68. The molecular weight excluding hydrogens is 152 g/mol. The number of aliphatic hydroxyl groups excluding tert-OH is 1. The molecule has 0 aliphatic heterocycles. The molecule has 0 spiro atoms. The molecule has 0 bridgehead atoms. The Morgan fingerprint density at radius 1 is 1.80 bits per heavy atom. The summed E-state index contributed by atoms with van der Waals surface area (Å²) in [6, 6.07) is 0. The summed E-state index contributed by atoms with van der Waals surface area (Å²) in [5, 5.41) is 8.08. The fraction of sp³-hybridized carbons (Fsp3) is 0.286. The third kappa shape index (κ3) is 1.21. The first-order valence-electron chi connectivity index (χ1n) is 2.99. The van der Waals surface area contributed by atoms with Gasteiger partial charge < -0.3 is 5.11 Å². The van der Waals surface area contributed by atoms with E-state index in [1.165, 1.54) is 0 Å². The first kappa shape index (κ1) is 7.35. The van der Waals surface area contributed by atoms with Gasteiger partial charge in [-0.1, -0.05) is 6.08 Å². The fourth-order valence-corrected chi connectivity index (χ4v) is 1.18. The summed E-state index contributed by atoms with van der Waals surface area (Å²) in [5.41, 5.74) is 1.09. The minimum Gasteiger partial charge on any atom is -0.515 e. The molecule has 1 aliphatic carbocycles. The summed E-state index contributed by atoms with van der Waals surface area (Å²) in [5.74, 6) is 0. The minimum atomic E-state index is -0.488. The molecule has 0 aromatic rings. The second-order valence-corrected chi connectivity index (χ2v) is 2.43. The number of carbonyl (C=O) groups excluding carboxylic acids is 1. The van der Waals surface area contributed by atoms with Gasteiger partial charge in [-0.3, -0.25) is 4.79 Å². The van der Waals surface area contributed by atoms with E-state index < -0.39 is 5.24 Å². The molecule has 0 unspecified atom stereocenters. The number of allylic oxidation sites excluding steroid dienone is 3. The number of aliphatic hydroxyl groups is 1. The van der Waals surface area contributed by atoms with Gasteiger partial charge in [0.15, 0.2) is 0 Å². The van der Waals surface area contributed by atoms with Crippen LogP contribution in [-0.4, -0.2) is 10.3 Å². The van der Waals surface area contributed by atoms with E-state index in [2.05, 4.69) is 0 Å². The topological polar surface area (TPSA) is 37.3 Å². The summed E-state index contributed by atoms with van der Waals surface area (Å²) >= 11 is 5.20. The molecule has 2 nitrogen and oxygen atoms in total. The SMILES string of the molecule is O=C(Cl)C1=CCC/C1=C/O. The lowest BCUT2D eigenvalue weighted by atomic mass is 10.2. The van der Waals surface area contributed by atoms with Crippen LogP contribution in [0.15, 0.2) is 23.5 Å². The molecule has 0 aromatic heterocycles. The summed E-state index contributed by atoms with van der Waals surface area (Å²) in [6.45, 7) is 0. The number of hydrogen-bond donors (Lipinski definition) is 1. The Labute approximate surface area is 63.8 Å². The Morgan fingerprint density at radius 3 is 2.90 bits per heavy atom. The van der Waals surface area contributed by atoms with Crippen LogP contribution in [0.4, 0.5) is 0 Å². The van der Waals surface area contributed by atoms with Crippen molar-refractivity contribution in [1.29, 1.82) is 0 Å². The molecule has 3 heteroatoms. The van der Waals surface area contributed by atoms with Gasteiger partial charge >= 0.3 is 0 Å². The molecular formula is C7H7ClO2. The van der Waals surface area contributed by atoms with Crippen LogP contribution in [0.5, 0.6) is 0 Å². The van der Waals surface area contributed by atoms with Crippen LogP contribution < -0.4 is 0 Å². The van der Waals surface area contributed by atoms with Crippen LogP contribution >= 0.6 is 11.6 Å². The van der Waals surface area contributed by atoms with Crippen LogP contribution in [0.3, 0.4) is 0 Å². The van der Waals surface area contributed by atoms with E-state index in [0.29, 0.717) is 17.6 Å². The highest BCUT2D eigenvalue weighted by Crippen LogP contribution is 2.25. The number of halogens is 1. The van der Waals surface area contributed by atoms with Crippen molar-refractivity contribution in [3.8, 4) is 0 Å². The van der Waals surface area contributed by atoms with E-state index >= 15 is 0 Å². The van der Waals surface area contributed by atoms with Gasteiger partial charge in [-0.2, -0.15) is 0 Å². The number of rotatable bonds is 1. The van der Waals surface area contributed by atoms with Gasteiger partial charge in [-0.25, -0.2) is 0 Å². The van der Waals surface area contributed by atoms with Gasteiger partial charge in [0, 0.05) is 5.57 Å². The molecule has 54 valence electrons. The van der Waals surface area contributed by atoms with E-state index in [1.807, 2.05) is 0 Å². The van der Waals surface area contributed by atoms with Gasteiger partial charge in [0.05, 0.1) is 6.26 Å². The average molecular weight is 159 g/mol. The maximum Gasteiger partial charge on any atom is 0.252 e. The maximum atomic E-state index is 10.6. The van der Waals surface area contributed by atoms with Crippen LogP contribution in [0.25, 0.3) is 0 Å². The smallest absolute Gasteiger partial charge is 0.252 e. The second-order valence-electron chi connectivity index (χ2n) is 2.08. The molecule has 0 aromatic carbocycles. The van der Waals surface area contributed by atoms with Crippen LogP contribution in [-0.2, 0) is 4.79 Å². The average Bonchev–Trinajstić information content (AvgIpc) is 2.33. The second kappa shape index (κ2) is 2.88. The highest BCUT2D eigenvalue weighted by molar-refractivity contribution is 6.68. The number of hydrogen-bond acceptors (Lipinski definition) is 2. The molecule has 0 heterocycles. The Bertz CT molecular complexity index is 216. The Balaban J connectivity index is 2.85. The quantitative estimate of drug-likeness (QED) is 0.468. The van der Waals surface area contributed by atoms with E-state index in [-0.39, 0.29) is 0 Å². The van der Waals surface area contributed by atoms with Crippen molar-refractivity contribution in [2.24, 2.45) is 0 Å². The fourth-order valence-electron chi connectivity index (χ4n) is 0.978. The summed E-state index contributed by atoms with van der Waals surface area (Å²) < 4.78 is 0. The lowest BCUT2D eigenvalue weighted by molar-refractivity contribution is -0.108. The molecule has 0 fully saturated rings. The first-order valence-corrected chi connectivity index (χ1v) is 3.37. The van der Waals surface area contributed by atoms with Crippen LogP contribution in [0.2, 0.25) is 0 Å². The lowest BCUT2D eigenvalue weighted by Gasteiger charge is -1.94. The van der Waals surface area contributed by atoms with Gasteiger partial charge in [0.25, 0.3) is 5.24 Å². The van der Waals surface area contributed by atoms with Crippen molar-refractivity contribution in [2.45, 2.75) is 12.8 Å². The normalized spacial score (nSPS) is 21.3. The van der Waals surface area contributed by atoms with E-state index in [4.69, 9.17) is 16.7 Å². The predicted octanol–water partition coefficient (Wildman–Crippen LogP) is 1.91. The van der Waals surface area contributed by atoms with Crippen molar-refractivity contribution >= 4 is 16.8 Å². The Hall–Kier alpha value is -0.760. The standard InChI is InChI=1S/C7H7ClO2/c8-7(10)6-3-1-2-5(6)4-9/h3-4,9H,1-2H2/b5-4-. The molecule has 0 radical (unpaired) electrons. The Morgan fingerprint density at radius 2 is 2.50 bits per heavy atom. The molecule has 0 atom stereocenters. The highest BCUT2D eigenvalue weighted by atomic mass is 35.5. The van der Waals surface area contributed by atoms with Crippen molar-refractivity contribution in [2.75, 3.05) is 0 Å². The van der Waals surface area contributed by atoms with Gasteiger partial charge in [0.1, 0.15) is 0 Å². The molecule has 0 saturated carbocycles. The first-order chi connectivity index (χ1) is 4.75. The van der Waals surface area contributed by atoms with E-state index in [9.17, 15) is 4.79 Å². The maximum absolute atomic E-state index is 10.6. The zero-order valence-corrected chi connectivity index (χ0v) is 6.06. The molecule has 1 rings (SSSR count). The summed E-state index contributed by atoms with van der Waals surface area (Å²) in [4.78, 5) is 10.6. The zero-order chi connectivity index (χ0) is 7.56. The third-order valence-electron chi connectivity index (χ3n) is 1.48. The van der Waals surface area contributed by atoms with Gasteiger partial charge in [0.2, 0.25) is 0 Å². The predicted molar refractivity (Wildman–Crippen MR) is 38.9 cm³/mol. The molecule has 1 N–H and O–H groups in total. The Kier molecular flexibility index (Phi) is 2.12. The van der Waals surface area contributed by atoms with Crippen molar-refractivity contribution < 1.29 is 9.90 Å². The minimum absolute atomic E-state index is 0.448. The molecule has 0 amide bonds. The molecule has 0 saturated heterocycles. The molecule has 1 aliphatic rings. The van der Waals surface area contributed by atoms with Gasteiger partial charge in [-0.15, -0.1) is 0 Å². The molecule has 10 heavy (non-hydrogen) atoms. The van der Waals surface area contributed by atoms with Crippen molar-refractivity contribution in [3.05, 3.63) is 23.5 Å². The van der Waals surface area contributed by atoms with Crippen molar-refractivity contribution in [3.63, 3.8) is 0 Å². The van der Waals surface area contributed by atoms with Crippen LogP contribution in [0, 0.1) is 0 Å².